The van der Waals surface area contributed by atoms with Gasteiger partial charge in [-0.2, -0.15) is 0 Å². The average molecular weight is 480 g/mol. The Bertz CT molecular complexity index is 1370. The summed E-state index contributed by atoms with van der Waals surface area (Å²) in [6.45, 7) is 4.67. The molecule has 5 rings (SSSR count). The molecule has 1 N–H and O–H groups in total. The lowest BCUT2D eigenvalue weighted by Gasteiger charge is -2.31. The Morgan fingerprint density at radius 3 is 2.44 bits per heavy atom. The molecule has 2 amide bonds. The number of nitrogens with zero attached hydrogens (tertiary/aromatic N) is 2. The summed E-state index contributed by atoms with van der Waals surface area (Å²) in [6.07, 6.45) is 2.26. The van der Waals surface area contributed by atoms with Crippen molar-refractivity contribution in [1.29, 1.82) is 0 Å². The van der Waals surface area contributed by atoms with Gasteiger partial charge in [-0.05, 0) is 60.9 Å². The summed E-state index contributed by atoms with van der Waals surface area (Å²) in [6, 6.07) is 27.5. The highest BCUT2D eigenvalue weighted by Gasteiger charge is 2.33. The molecule has 4 aromatic rings. The molecule has 0 saturated heterocycles. The molecular weight excluding hydrogens is 450 g/mol. The van der Waals surface area contributed by atoms with E-state index < -0.39 is 0 Å². The Labute approximate surface area is 211 Å². The molecule has 182 valence electrons. The van der Waals surface area contributed by atoms with Crippen molar-refractivity contribution >= 4 is 17.7 Å². The molecule has 2 heterocycles. The Balaban J connectivity index is 1.47. The highest BCUT2D eigenvalue weighted by Crippen LogP contribution is 2.37. The van der Waals surface area contributed by atoms with Gasteiger partial charge < -0.3 is 19.5 Å². The molecule has 1 aliphatic heterocycles. The van der Waals surface area contributed by atoms with Crippen molar-refractivity contribution in [2.75, 3.05) is 11.9 Å². The van der Waals surface area contributed by atoms with Crippen LogP contribution in [0.5, 0.6) is 0 Å². The Morgan fingerprint density at radius 1 is 0.944 bits per heavy atom. The molecule has 0 fully saturated rings. The normalized spacial score (nSPS) is 14.4. The molecule has 1 atom stereocenters. The highest BCUT2D eigenvalue weighted by molar-refractivity contribution is 5.90. The molecule has 36 heavy (non-hydrogen) atoms. The molecule has 0 aliphatic carbocycles. The van der Waals surface area contributed by atoms with Crippen molar-refractivity contribution in [2.45, 2.75) is 32.9 Å². The van der Waals surface area contributed by atoms with Gasteiger partial charge in [-0.3, -0.25) is 4.79 Å². The molecule has 3 aromatic carbocycles. The van der Waals surface area contributed by atoms with Gasteiger partial charge >= 0.3 is 12.0 Å². The van der Waals surface area contributed by atoms with Crippen molar-refractivity contribution in [3.8, 4) is 5.69 Å². The van der Waals surface area contributed by atoms with Crippen molar-refractivity contribution in [2.24, 2.45) is 0 Å². The number of nitrogens with one attached hydrogen (secondary N) is 1. The quantitative estimate of drug-likeness (QED) is 0.356. The van der Waals surface area contributed by atoms with Gasteiger partial charge in [0.1, 0.15) is 0 Å². The Kier molecular flexibility index (Phi) is 6.58. The van der Waals surface area contributed by atoms with Crippen LogP contribution in [0.2, 0.25) is 0 Å². The van der Waals surface area contributed by atoms with E-state index in [0.717, 1.165) is 28.1 Å². The molecule has 0 bridgehead atoms. The van der Waals surface area contributed by atoms with E-state index in [1.54, 1.807) is 6.92 Å². The number of benzene rings is 3. The fourth-order valence-electron chi connectivity index (χ4n) is 4.72. The van der Waals surface area contributed by atoms with Crippen LogP contribution in [0.1, 0.15) is 40.9 Å². The molecule has 1 aliphatic rings. The van der Waals surface area contributed by atoms with Gasteiger partial charge in [-0.15, -0.1) is 0 Å². The number of fused-ring (bicyclic) bond motifs is 3. The lowest BCUT2D eigenvalue weighted by Crippen LogP contribution is -2.37. The van der Waals surface area contributed by atoms with E-state index in [9.17, 15) is 9.59 Å². The van der Waals surface area contributed by atoms with E-state index >= 15 is 0 Å². The van der Waals surface area contributed by atoms with Crippen molar-refractivity contribution in [3.05, 3.63) is 119 Å². The van der Waals surface area contributed by atoms with Crippen molar-refractivity contribution in [1.82, 2.24) is 9.47 Å². The lowest BCUT2D eigenvalue weighted by molar-refractivity contribution is -0.142. The predicted molar refractivity (Wildman–Crippen MR) is 140 cm³/mol. The van der Waals surface area contributed by atoms with E-state index in [1.165, 1.54) is 5.56 Å². The third-order valence-corrected chi connectivity index (χ3v) is 6.48. The molecule has 6 heteroatoms. The van der Waals surface area contributed by atoms with Crippen molar-refractivity contribution in [3.63, 3.8) is 0 Å². The second kappa shape index (κ2) is 10.1. The third kappa shape index (κ3) is 4.75. The summed E-state index contributed by atoms with van der Waals surface area (Å²) in [7, 11) is 0. The number of amides is 2. The number of aryl methyl sites for hydroxylation is 1. The third-order valence-electron chi connectivity index (χ3n) is 6.48. The summed E-state index contributed by atoms with van der Waals surface area (Å²) in [5, 5.41) is 3.07. The van der Waals surface area contributed by atoms with E-state index in [-0.39, 0.29) is 24.5 Å². The van der Waals surface area contributed by atoms with Gasteiger partial charge in [-0.25, -0.2) is 4.79 Å². The van der Waals surface area contributed by atoms with E-state index in [2.05, 4.69) is 65.5 Å². The number of hydrogen-bond donors (Lipinski definition) is 1. The van der Waals surface area contributed by atoms with Gasteiger partial charge in [0.2, 0.25) is 0 Å². The molecule has 1 aromatic heterocycles. The SMILES string of the molecule is CCOC(=O)Cc1ccc(NC(=O)N2Cc3ccccc3-n3cccc3[C@@H]2c2ccc(C)cc2)cc1. The van der Waals surface area contributed by atoms with Crippen LogP contribution in [0, 0.1) is 6.92 Å². The monoisotopic (exact) mass is 479 g/mol. The largest absolute Gasteiger partial charge is 0.466 e. The number of para-hydroxylation sites is 1. The van der Waals surface area contributed by atoms with Crippen LogP contribution < -0.4 is 5.32 Å². The zero-order chi connectivity index (χ0) is 25.1. The number of hydrogen-bond acceptors (Lipinski definition) is 3. The van der Waals surface area contributed by atoms with Gasteiger partial charge in [0.15, 0.2) is 0 Å². The van der Waals surface area contributed by atoms with Crippen LogP contribution in [0.3, 0.4) is 0 Å². The van der Waals surface area contributed by atoms with Gasteiger partial charge in [-0.1, -0.05) is 60.2 Å². The first-order valence-electron chi connectivity index (χ1n) is 12.2. The fourth-order valence-corrected chi connectivity index (χ4v) is 4.72. The molecule has 0 saturated carbocycles. The number of carbonyl (C=O) groups excluding carboxylic acids is 2. The maximum Gasteiger partial charge on any atom is 0.322 e. The first-order chi connectivity index (χ1) is 17.5. The number of ether oxygens (including phenoxy) is 1. The Morgan fingerprint density at radius 2 is 1.69 bits per heavy atom. The van der Waals surface area contributed by atoms with Crippen LogP contribution >= 0.6 is 0 Å². The maximum absolute atomic E-state index is 13.8. The molecule has 0 spiro atoms. The standard InChI is InChI=1S/C30H29N3O3/c1-3-36-28(34)19-22-12-16-25(17-13-22)31-30(35)33-20-24-7-4-5-8-26(24)32-18-6-9-27(32)29(33)23-14-10-21(2)11-15-23/h4-18,29H,3,19-20H2,1-2H3,(H,31,35)/t29-/m0/s1. The second-order valence-electron chi connectivity index (χ2n) is 8.98. The van der Waals surface area contributed by atoms with E-state index in [4.69, 9.17) is 4.74 Å². The molecule has 0 radical (unpaired) electrons. The zero-order valence-electron chi connectivity index (χ0n) is 20.5. The average Bonchev–Trinajstić information content (AvgIpc) is 3.30. The fraction of sp³-hybridized carbons (Fsp3) is 0.200. The van der Waals surface area contributed by atoms with Crippen molar-refractivity contribution < 1.29 is 14.3 Å². The van der Waals surface area contributed by atoms with Crippen LogP contribution in [-0.4, -0.2) is 28.1 Å². The maximum atomic E-state index is 13.8. The number of carbonyl (C=O) groups is 2. The lowest BCUT2D eigenvalue weighted by atomic mass is 10.0. The van der Waals surface area contributed by atoms with Crippen LogP contribution in [0.4, 0.5) is 10.5 Å². The van der Waals surface area contributed by atoms with Gasteiger partial charge in [0.25, 0.3) is 0 Å². The Hall–Kier alpha value is -4.32. The number of rotatable bonds is 5. The molecule has 0 unspecified atom stereocenters. The first kappa shape index (κ1) is 23.4. The van der Waals surface area contributed by atoms with Crippen LogP contribution in [-0.2, 0) is 22.5 Å². The number of aromatic nitrogens is 1. The minimum atomic E-state index is -0.268. The number of esters is 1. The minimum absolute atomic E-state index is 0.192. The second-order valence-corrected chi connectivity index (χ2v) is 8.98. The van der Waals surface area contributed by atoms with Crippen LogP contribution in [0.15, 0.2) is 91.1 Å². The smallest absolute Gasteiger partial charge is 0.322 e. The first-order valence-corrected chi connectivity index (χ1v) is 12.2. The topological polar surface area (TPSA) is 63.6 Å². The predicted octanol–water partition coefficient (Wildman–Crippen LogP) is 6.03. The number of anilines is 1. The highest BCUT2D eigenvalue weighted by atomic mass is 16.5. The van der Waals surface area contributed by atoms with Gasteiger partial charge in [0.05, 0.1) is 31.3 Å². The minimum Gasteiger partial charge on any atom is -0.466 e. The summed E-state index contributed by atoms with van der Waals surface area (Å²) < 4.78 is 7.20. The van der Waals surface area contributed by atoms with E-state index in [0.29, 0.717) is 18.8 Å². The van der Waals surface area contributed by atoms with E-state index in [1.807, 2.05) is 47.4 Å². The number of urea groups is 1. The zero-order valence-corrected chi connectivity index (χ0v) is 20.5. The summed E-state index contributed by atoms with van der Waals surface area (Å²) in [5.74, 6) is -0.263. The summed E-state index contributed by atoms with van der Waals surface area (Å²) >= 11 is 0. The molecular formula is C30H29N3O3. The van der Waals surface area contributed by atoms with Crippen LogP contribution in [0.25, 0.3) is 5.69 Å². The summed E-state index contributed by atoms with van der Waals surface area (Å²) in [5.41, 5.74) is 6.91. The summed E-state index contributed by atoms with van der Waals surface area (Å²) in [4.78, 5) is 27.5. The molecule has 6 nitrogen and oxygen atoms in total. The van der Waals surface area contributed by atoms with Gasteiger partial charge in [0, 0.05) is 17.6 Å².